The minimum atomic E-state index is -1.28. The molecule has 10 heteroatoms. The first-order valence-electron chi connectivity index (χ1n) is 7.62. The monoisotopic (exact) mass is 356 g/mol. The summed E-state index contributed by atoms with van der Waals surface area (Å²) in [5.74, 6) is -1.58. The molecule has 1 aliphatic heterocycles. The molecule has 2 unspecified atom stereocenters. The van der Waals surface area contributed by atoms with Crippen molar-refractivity contribution in [3.8, 4) is 0 Å². The Morgan fingerprint density at radius 2 is 1.81 bits per heavy atom. The van der Waals surface area contributed by atoms with Crippen LogP contribution < -0.4 is 21.7 Å². The molecule has 2 aromatic rings. The second kappa shape index (κ2) is 6.67. The van der Waals surface area contributed by atoms with Gasteiger partial charge in [-0.1, -0.05) is 5.16 Å². The van der Waals surface area contributed by atoms with E-state index in [1.54, 1.807) is 24.3 Å². The van der Waals surface area contributed by atoms with Gasteiger partial charge >= 0.3 is 0 Å². The third-order valence-corrected chi connectivity index (χ3v) is 3.98. The minimum Gasteiger partial charge on any atom is -0.368 e. The van der Waals surface area contributed by atoms with E-state index in [2.05, 4.69) is 30.6 Å². The summed E-state index contributed by atoms with van der Waals surface area (Å²) in [6.07, 6.45) is 2.59. The number of nitrogens with two attached hydrogens (primary N) is 1. The SMILES string of the molecule is CC1(C(N)=O)NC=NC1C(=O)Nc1ccc(NC(=O)c2ccon2)cc1. The summed E-state index contributed by atoms with van der Waals surface area (Å²) in [7, 11) is 0. The molecule has 0 saturated carbocycles. The first-order valence-corrected chi connectivity index (χ1v) is 7.62. The summed E-state index contributed by atoms with van der Waals surface area (Å²) in [6, 6.07) is 6.88. The molecular weight excluding hydrogens is 340 g/mol. The molecule has 1 aromatic heterocycles. The molecule has 3 amide bonds. The number of aliphatic imine (C=N–C) groups is 1. The lowest BCUT2D eigenvalue weighted by molar-refractivity contribution is -0.128. The highest BCUT2D eigenvalue weighted by atomic mass is 16.5. The fourth-order valence-corrected chi connectivity index (χ4v) is 2.38. The predicted octanol–water partition coefficient (Wildman–Crippen LogP) is 0.110. The van der Waals surface area contributed by atoms with Crippen LogP contribution in [0.2, 0.25) is 0 Å². The molecule has 0 aliphatic carbocycles. The first kappa shape index (κ1) is 17.1. The summed E-state index contributed by atoms with van der Waals surface area (Å²) in [6.45, 7) is 1.51. The maximum Gasteiger partial charge on any atom is 0.277 e. The molecule has 0 fully saturated rings. The van der Waals surface area contributed by atoms with Crippen LogP contribution in [0.4, 0.5) is 11.4 Å². The Bertz CT molecular complexity index is 861. The molecule has 2 atom stereocenters. The van der Waals surface area contributed by atoms with Gasteiger partial charge in [-0.05, 0) is 31.2 Å². The van der Waals surface area contributed by atoms with Crippen LogP contribution >= 0.6 is 0 Å². The largest absolute Gasteiger partial charge is 0.368 e. The van der Waals surface area contributed by atoms with Gasteiger partial charge in [-0.3, -0.25) is 19.4 Å². The van der Waals surface area contributed by atoms with E-state index in [9.17, 15) is 14.4 Å². The van der Waals surface area contributed by atoms with Crippen molar-refractivity contribution in [3.63, 3.8) is 0 Å². The number of primary amides is 1. The Morgan fingerprint density at radius 1 is 1.15 bits per heavy atom. The number of rotatable bonds is 5. The third kappa shape index (κ3) is 3.24. The number of anilines is 2. The number of carbonyl (C=O) groups excluding carboxylic acids is 3. The van der Waals surface area contributed by atoms with Gasteiger partial charge in [0, 0.05) is 17.4 Å². The maximum atomic E-state index is 12.4. The topological polar surface area (TPSA) is 152 Å². The second-order valence-electron chi connectivity index (χ2n) is 5.80. The van der Waals surface area contributed by atoms with Crippen molar-refractivity contribution in [1.29, 1.82) is 0 Å². The van der Waals surface area contributed by atoms with Gasteiger partial charge in [-0.15, -0.1) is 0 Å². The Balaban J connectivity index is 1.64. The summed E-state index contributed by atoms with van der Waals surface area (Å²) in [4.78, 5) is 39.8. The van der Waals surface area contributed by atoms with Crippen molar-refractivity contribution in [2.75, 3.05) is 10.6 Å². The summed E-state index contributed by atoms with van der Waals surface area (Å²) >= 11 is 0. The van der Waals surface area contributed by atoms with Gasteiger partial charge in [0.15, 0.2) is 11.7 Å². The number of aromatic nitrogens is 1. The van der Waals surface area contributed by atoms with Gasteiger partial charge in [0.2, 0.25) is 5.91 Å². The number of carbonyl (C=O) groups is 3. The lowest BCUT2D eigenvalue weighted by Crippen LogP contribution is -2.59. The van der Waals surface area contributed by atoms with E-state index in [4.69, 9.17) is 5.73 Å². The van der Waals surface area contributed by atoms with E-state index in [0.29, 0.717) is 11.4 Å². The fourth-order valence-electron chi connectivity index (χ4n) is 2.38. The zero-order valence-corrected chi connectivity index (χ0v) is 13.7. The van der Waals surface area contributed by atoms with Gasteiger partial charge < -0.3 is 26.2 Å². The van der Waals surface area contributed by atoms with E-state index < -0.39 is 29.3 Å². The summed E-state index contributed by atoms with van der Waals surface area (Å²) in [5, 5.41) is 11.5. The minimum absolute atomic E-state index is 0.153. The molecule has 0 saturated heterocycles. The zero-order valence-electron chi connectivity index (χ0n) is 13.7. The third-order valence-electron chi connectivity index (χ3n) is 3.98. The van der Waals surface area contributed by atoms with Crippen molar-refractivity contribution in [2.24, 2.45) is 10.7 Å². The molecule has 1 aliphatic rings. The van der Waals surface area contributed by atoms with Crippen LogP contribution in [0.25, 0.3) is 0 Å². The second-order valence-corrected chi connectivity index (χ2v) is 5.80. The fraction of sp³-hybridized carbons (Fsp3) is 0.188. The van der Waals surface area contributed by atoms with Gasteiger partial charge in [-0.2, -0.15) is 0 Å². The molecule has 1 aromatic carbocycles. The standard InChI is InChI=1S/C16H16N6O4/c1-16(15(17)25)12(18-8-19-16)14(24)21-10-4-2-9(3-5-10)20-13(23)11-6-7-26-22-11/h2-8,12H,1H3,(H2,17,25)(H,18,19)(H,20,23)(H,21,24). The molecule has 10 nitrogen and oxygen atoms in total. The van der Waals surface area contributed by atoms with Crippen LogP contribution in [0.3, 0.4) is 0 Å². The summed E-state index contributed by atoms with van der Waals surface area (Å²) in [5.41, 5.74) is 5.20. The quantitative estimate of drug-likeness (QED) is 0.597. The van der Waals surface area contributed by atoms with Gasteiger partial charge in [0.25, 0.3) is 11.8 Å². The highest BCUT2D eigenvalue weighted by Gasteiger charge is 2.46. The van der Waals surface area contributed by atoms with Crippen LogP contribution in [0.15, 0.2) is 46.1 Å². The van der Waals surface area contributed by atoms with Gasteiger partial charge in [0.1, 0.15) is 11.8 Å². The van der Waals surface area contributed by atoms with Crippen LogP contribution in [-0.2, 0) is 9.59 Å². The van der Waals surface area contributed by atoms with Gasteiger partial charge in [-0.25, -0.2) is 0 Å². The number of amides is 3. The zero-order chi connectivity index (χ0) is 18.7. The number of hydrogen-bond donors (Lipinski definition) is 4. The van der Waals surface area contributed by atoms with E-state index in [-0.39, 0.29) is 5.69 Å². The van der Waals surface area contributed by atoms with E-state index in [0.717, 1.165) is 0 Å². The van der Waals surface area contributed by atoms with Crippen molar-refractivity contribution in [3.05, 3.63) is 42.3 Å². The van der Waals surface area contributed by atoms with E-state index in [1.807, 2.05) is 0 Å². The molecule has 0 bridgehead atoms. The lowest BCUT2D eigenvalue weighted by Gasteiger charge is -2.26. The van der Waals surface area contributed by atoms with Crippen molar-refractivity contribution < 1.29 is 18.9 Å². The molecule has 0 spiro atoms. The molecule has 5 N–H and O–H groups in total. The Labute approximate surface area is 147 Å². The highest BCUT2D eigenvalue weighted by molar-refractivity contribution is 6.05. The van der Waals surface area contributed by atoms with Crippen LogP contribution in [-0.4, -0.2) is 40.8 Å². The molecule has 134 valence electrons. The Kier molecular flexibility index (Phi) is 4.40. The normalized spacial score (nSPS) is 21.0. The molecule has 3 rings (SSSR count). The van der Waals surface area contributed by atoms with Crippen molar-refractivity contribution in [1.82, 2.24) is 10.5 Å². The molecule has 26 heavy (non-hydrogen) atoms. The number of benzene rings is 1. The van der Waals surface area contributed by atoms with Crippen molar-refractivity contribution in [2.45, 2.75) is 18.5 Å². The maximum absolute atomic E-state index is 12.4. The molecule has 0 radical (unpaired) electrons. The lowest BCUT2D eigenvalue weighted by atomic mass is 9.92. The van der Waals surface area contributed by atoms with E-state index in [1.165, 1.54) is 25.6 Å². The van der Waals surface area contributed by atoms with Gasteiger partial charge in [0.05, 0.1) is 6.34 Å². The van der Waals surface area contributed by atoms with E-state index >= 15 is 0 Å². The number of nitrogens with one attached hydrogen (secondary N) is 3. The van der Waals surface area contributed by atoms with Crippen LogP contribution in [0.5, 0.6) is 0 Å². The first-order chi connectivity index (χ1) is 12.4. The molecular formula is C16H16N6O4. The van der Waals surface area contributed by atoms with Crippen LogP contribution in [0, 0.1) is 0 Å². The highest BCUT2D eigenvalue weighted by Crippen LogP contribution is 2.20. The molecule has 2 heterocycles. The van der Waals surface area contributed by atoms with Crippen LogP contribution in [0.1, 0.15) is 17.4 Å². The predicted molar refractivity (Wildman–Crippen MR) is 92.5 cm³/mol. The Hall–Kier alpha value is -3.69. The smallest absolute Gasteiger partial charge is 0.277 e. The average molecular weight is 356 g/mol. The summed E-state index contributed by atoms with van der Waals surface area (Å²) < 4.78 is 4.61. The average Bonchev–Trinajstić information content (AvgIpc) is 3.27. The number of hydrogen-bond acceptors (Lipinski definition) is 7. The number of nitrogens with zero attached hydrogens (tertiary/aromatic N) is 2. The Morgan fingerprint density at radius 3 is 2.38 bits per heavy atom. The van der Waals surface area contributed by atoms with Crippen molar-refractivity contribution >= 4 is 35.4 Å².